The number of aromatic nitrogens is 2. The van der Waals surface area contributed by atoms with Crippen molar-refractivity contribution in [3.63, 3.8) is 0 Å². The Balaban J connectivity index is 2.29. The Morgan fingerprint density at radius 1 is 1.71 bits per heavy atom. The molecule has 5 nitrogen and oxygen atoms in total. The van der Waals surface area contributed by atoms with Crippen molar-refractivity contribution in [2.75, 3.05) is 7.11 Å². The quantitative estimate of drug-likeness (QED) is 0.582. The molecule has 1 aromatic rings. The van der Waals surface area contributed by atoms with E-state index in [1.807, 2.05) is 4.68 Å². The summed E-state index contributed by atoms with van der Waals surface area (Å²) in [6, 6.07) is 0.147. The van der Waals surface area contributed by atoms with Gasteiger partial charge in [-0.2, -0.15) is 5.10 Å². The highest BCUT2D eigenvalue weighted by Crippen LogP contribution is 2.48. The molecule has 1 aliphatic carbocycles. The molecule has 0 radical (unpaired) electrons. The maximum absolute atomic E-state index is 5.71. The van der Waals surface area contributed by atoms with Gasteiger partial charge < -0.3 is 4.74 Å². The third-order valence-electron chi connectivity index (χ3n) is 3.57. The van der Waals surface area contributed by atoms with Crippen LogP contribution in [0.15, 0.2) is 6.20 Å². The molecular weight excluding hydrogens is 216 g/mol. The summed E-state index contributed by atoms with van der Waals surface area (Å²) in [5.74, 6) is 7.87. The molecule has 5 heteroatoms. The fourth-order valence-corrected chi connectivity index (χ4v) is 2.46. The molecule has 3 atom stereocenters. The van der Waals surface area contributed by atoms with Gasteiger partial charge in [0.2, 0.25) is 0 Å². The van der Waals surface area contributed by atoms with Gasteiger partial charge in [-0.25, -0.2) is 0 Å². The van der Waals surface area contributed by atoms with Crippen molar-refractivity contribution >= 4 is 0 Å². The minimum atomic E-state index is 0.147. The van der Waals surface area contributed by atoms with Crippen molar-refractivity contribution in [2.24, 2.45) is 17.7 Å². The van der Waals surface area contributed by atoms with Crippen LogP contribution in [0.3, 0.4) is 0 Å². The van der Waals surface area contributed by atoms with Gasteiger partial charge in [-0.15, -0.1) is 0 Å². The Labute approximate surface area is 102 Å². The van der Waals surface area contributed by atoms with E-state index in [0.717, 1.165) is 30.3 Å². The number of rotatable bonds is 6. The molecule has 0 saturated heterocycles. The summed E-state index contributed by atoms with van der Waals surface area (Å²) in [5.41, 5.74) is 4.02. The van der Waals surface area contributed by atoms with Gasteiger partial charge in [-0.1, -0.05) is 13.8 Å². The van der Waals surface area contributed by atoms with E-state index >= 15 is 0 Å². The van der Waals surface area contributed by atoms with Crippen LogP contribution in [0.1, 0.15) is 38.4 Å². The summed E-state index contributed by atoms with van der Waals surface area (Å²) < 4.78 is 7.40. The highest BCUT2D eigenvalue weighted by atomic mass is 16.5. The number of nitrogens with two attached hydrogens (primary N) is 1. The molecule has 1 aliphatic rings. The summed E-state index contributed by atoms with van der Waals surface area (Å²) in [6.45, 7) is 5.29. The molecule has 3 N–H and O–H groups in total. The highest BCUT2D eigenvalue weighted by molar-refractivity contribution is 5.30. The lowest BCUT2D eigenvalue weighted by Gasteiger charge is -2.18. The van der Waals surface area contributed by atoms with Crippen LogP contribution in [-0.4, -0.2) is 16.9 Å². The Hall–Kier alpha value is -1.07. The zero-order valence-corrected chi connectivity index (χ0v) is 10.8. The van der Waals surface area contributed by atoms with E-state index in [1.165, 1.54) is 6.42 Å². The fourth-order valence-electron chi connectivity index (χ4n) is 2.46. The van der Waals surface area contributed by atoms with E-state index in [2.05, 4.69) is 24.4 Å². The molecule has 96 valence electrons. The number of hydrogen-bond donors (Lipinski definition) is 2. The SMILES string of the molecule is CCCn1ncc(OC)c1C(NN)C1CC1C. The lowest BCUT2D eigenvalue weighted by atomic mass is 10.1. The molecule has 0 spiro atoms. The maximum atomic E-state index is 5.71. The van der Waals surface area contributed by atoms with E-state index in [9.17, 15) is 0 Å². The predicted molar refractivity (Wildman–Crippen MR) is 66.4 cm³/mol. The van der Waals surface area contributed by atoms with Gasteiger partial charge in [0.25, 0.3) is 0 Å². The topological polar surface area (TPSA) is 65.1 Å². The summed E-state index contributed by atoms with van der Waals surface area (Å²) >= 11 is 0. The van der Waals surface area contributed by atoms with Gasteiger partial charge in [0.1, 0.15) is 0 Å². The summed E-state index contributed by atoms with van der Waals surface area (Å²) in [7, 11) is 1.68. The van der Waals surface area contributed by atoms with Crippen molar-refractivity contribution in [2.45, 2.75) is 39.3 Å². The van der Waals surface area contributed by atoms with Crippen molar-refractivity contribution in [3.05, 3.63) is 11.9 Å². The van der Waals surface area contributed by atoms with Gasteiger partial charge in [-0.3, -0.25) is 16.0 Å². The van der Waals surface area contributed by atoms with Gasteiger partial charge in [0, 0.05) is 6.54 Å². The number of nitrogens with zero attached hydrogens (tertiary/aromatic N) is 2. The molecule has 3 unspecified atom stereocenters. The largest absolute Gasteiger partial charge is 0.493 e. The maximum Gasteiger partial charge on any atom is 0.161 e. The molecule has 0 amide bonds. The number of ether oxygens (including phenoxy) is 1. The van der Waals surface area contributed by atoms with Crippen LogP contribution in [-0.2, 0) is 6.54 Å². The Bertz CT molecular complexity index is 377. The number of hydrogen-bond acceptors (Lipinski definition) is 4. The first-order valence-corrected chi connectivity index (χ1v) is 6.28. The van der Waals surface area contributed by atoms with Crippen LogP contribution < -0.4 is 16.0 Å². The minimum Gasteiger partial charge on any atom is -0.493 e. The minimum absolute atomic E-state index is 0.147. The zero-order chi connectivity index (χ0) is 12.4. The van der Waals surface area contributed by atoms with Crippen LogP contribution in [0.5, 0.6) is 5.75 Å². The second-order valence-corrected chi connectivity index (χ2v) is 4.84. The Morgan fingerprint density at radius 3 is 2.88 bits per heavy atom. The second kappa shape index (κ2) is 5.06. The number of methoxy groups -OCH3 is 1. The molecule has 0 bridgehead atoms. The normalized spacial score (nSPS) is 24.7. The van der Waals surface area contributed by atoms with Gasteiger partial charge >= 0.3 is 0 Å². The zero-order valence-electron chi connectivity index (χ0n) is 10.8. The van der Waals surface area contributed by atoms with Crippen LogP contribution in [0.2, 0.25) is 0 Å². The van der Waals surface area contributed by atoms with E-state index in [4.69, 9.17) is 10.6 Å². The average Bonchev–Trinajstić information content (AvgIpc) is 2.90. The number of hydrazine groups is 1. The van der Waals surface area contributed by atoms with Crippen molar-refractivity contribution in [1.29, 1.82) is 0 Å². The van der Waals surface area contributed by atoms with Crippen LogP contribution in [0, 0.1) is 11.8 Å². The highest BCUT2D eigenvalue weighted by Gasteiger charge is 2.42. The monoisotopic (exact) mass is 238 g/mol. The van der Waals surface area contributed by atoms with Crippen molar-refractivity contribution in [3.8, 4) is 5.75 Å². The summed E-state index contributed by atoms with van der Waals surface area (Å²) in [6.07, 6.45) is 4.05. The molecule has 1 fully saturated rings. The predicted octanol–water partition coefficient (Wildman–Crippen LogP) is 1.46. The summed E-state index contributed by atoms with van der Waals surface area (Å²) in [5, 5.41) is 4.38. The lowest BCUT2D eigenvalue weighted by molar-refractivity contribution is 0.375. The molecule has 1 heterocycles. The molecule has 0 aliphatic heterocycles. The first-order chi connectivity index (χ1) is 8.22. The van der Waals surface area contributed by atoms with Gasteiger partial charge in [0.05, 0.1) is 25.0 Å². The lowest BCUT2D eigenvalue weighted by Crippen LogP contribution is -2.32. The Morgan fingerprint density at radius 2 is 2.41 bits per heavy atom. The van der Waals surface area contributed by atoms with Crippen molar-refractivity contribution in [1.82, 2.24) is 15.2 Å². The second-order valence-electron chi connectivity index (χ2n) is 4.84. The molecule has 1 aromatic heterocycles. The van der Waals surface area contributed by atoms with Crippen LogP contribution in [0.4, 0.5) is 0 Å². The van der Waals surface area contributed by atoms with E-state index in [0.29, 0.717) is 5.92 Å². The third kappa shape index (κ3) is 2.30. The Kier molecular flexibility index (Phi) is 3.69. The average molecular weight is 238 g/mol. The third-order valence-corrected chi connectivity index (χ3v) is 3.57. The van der Waals surface area contributed by atoms with E-state index < -0.39 is 0 Å². The molecule has 0 aromatic carbocycles. The molecule has 2 rings (SSSR count). The summed E-state index contributed by atoms with van der Waals surface area (Å²) in [4.78, 5) is 0. The first kappa shape index (κ1) is 12.4. The van der Waals surface area contributed by atoms with Crippen LogP contribution >= 0.6 is 0 Å². The van der Waals surface area contributed by atoms with Crippen molar-refractivity contribution < 1.29 is 4.74 Å². The van der Waals surface area contributed by atoms with E-state index in [1.54, 1.807) is 13.3 Å². The molecular formula is C12H22N4O. The fraction of sp³-hybridized carbons (Fsp3) is 0.750. The standard InChI is InChI=1S/C12H22N4O/c1-4-5-16-12(10(17-3)7-14-16)11(15-13)9-6-8(9)2/h7-9,11,15H,4-6,13H2,1-3H3. The van der Waals surface area contributed by atoms with Crippen LogP contribution in [0.25, 0.3) is 0 Å². The van der Waals surface area contributed by atoms with E-state index in [-0.39, 0.29) is 6.04 Å². The first-order valence-electron chi connectivity index (χ1n) is 6.28. The van der Waals surface area contributed by atoms with Gasteiger partial charge in [0.15, 0.2) is 5.75 Å². The smallest absolute Gasteiger partial charge is 0.161 e. The number of aryl methyl sites for hydroxylation is 1. The number of nitrogens with one attached hydrogen (secondary N) is 1. The molecule has 1 saturated carbocycles. The molecule has 17 heavy (non-hydrogen) atoms. The van der Waals surface area contributed by atoms with Gasteiger partial charge in [-0.05, 0) is 24.7 Å².